The van der Waals surface area contributed by atoms with Gasteiger partial charge in [0, 0.05) is 19.8 Å². The van der Waals surface area contributed by atoms with Gasteiger partial charge in [-0.05, 0) is 6.42 Å². The second kappa shape index (κ2) is 8.31. The summed E-state index contributed by atoms with van der Waals surface area (Å²) in [4.78, 5) is 12.9. The summed E-state index contributed by atoms with van der Waals surface area (Å²) in [5.41, 5.74) is 0. The SMILES string of the molecule is CCCCCCSc1nnc(NC(=O)N(C)C)s1. The monoisotopic (exact) mass is 288 g/mol. The van der Waals surface area contributed by atoms with Crippen LogP contribution in [0.15, 0.2) is 4.34 Å². The molecule has 102 valence electrons. The van der Waals surface area contributed by atoms with Crippen molar-refractivity contribution in [2.24, 2.45) is 0 Å². The number of hydrogen-bond acceptors (Lipinski definition) is 5. The average Bonchev–Trinajstić information content (AvgIpc) is 2.76. The third kappa shape index (κ3) is 5.68. The molecule has 1 aromatic rings. The molecule has 0 fully saturated rings. The number of carbonyl (C=O) groups excluding carboxylic acids is 1. The van der Waals surface area contributed by atoms with Crippen molar-refractivity contribution < 1.29 is 4.79 Å². The van der Waals surface area contributed by atoms with E-state index in [0.29, 0.717) is 5.13 Å². The van der Waals surface area contributed by atoms with Gasteiger partial charge in [0.2, 0.25) is 5.13 Å². The van der Waals surface area contributed by atoms with Gasteiger partial charge in [-0.15, -0.1) is 10.2 Å². The molecule has 7 heteroatoms. The Morgan fingerprint density at radius 3 is 2.78 bits per heavy atom. The van der Waals surface area contributed by atoms with Crippen LogP contribution in [0.25, 0.3) is 0 Å². The predicted octanol–water partition coefficient (Wildman–Crippen LogP) is 3.30. The van der Waals surface area contributed by atoms with E-state index in [1.165, 1.54) is 41.9 Å². The first-order valence-electron chi connectivity index (χ1n) is 6.08. The van der Waals surface area contributed by atoms with Gasteiger partial charge in [-0.2, -0.15) is 0 Å². The zero-order chi connectivity index (χ0) is 13.4. The number of unbranched alkanes of at least 4 members (excludes halogenated alkanes) is 3. The Morgan fingerprint density at radius 2 is 2.11 bits per heavy atom. The van der Waals surface area contributed by atoms with E-state index in [2.05, 4.69) is 22.4 Å². The molecule has 1 aromatic heterocycles. The second-order valence-electron chi connectivity index (χ2n) is 4.11. The molecule has 0 spiro atoms. The minimum atomic E-state index is -0.175. The van der Waals surface area contributed by atoms with E-state index in [0.717, 1.165) is 10.1 Å². The Balaban J connectivity index is 2.28. The highest BCUT2D eigenvalue weighted by atomic mass is 32.2. The third-order valence-electron chi connectivity index (χ3n) is 2.25. The molecule has 0 atom stereocenters. The van der Waals surface area contributed by atoms with Crippen LogP contribution in [0.3, 0.4) is 0 Å². The van der Waals surface area contributed by atoms with E-state index in [9.17, 15) is 4.79 Å². The number of aromatic nitrogens is 2. The molecular formula is C11H20N4OS2. The minimum absolute atomic E-state index is 0.175. The Kier molecular flexibility index (Phi) is 7.04. The molecular weight excluding hydrogens is 268 g/mol. The van der Waals surface area contributed by atoms with Crippen molar-refractivity contribution >= 4 is 34.3 Å². The molecule has 0 aromatic carbocycles. The van der Waals surface area contributed by atoms with Crippen LogP contribution < -0.4 is 5.32 Å². The zero-order valence-electron chi connectivity index (χ0n) is 11.1. The number of anilines is 1. The smallest absolute Gasteiger partial charge is 0.323 e. The highest BCUT2D eigenvalue weighted by Crippen LogP contribution is 2.26. The van der Waals surface area contributed by atoms with Crippen molar-refractivity contribution in [3.8, 4) is 0 Å². The van der Waals surface area contributed by atoms with Gasteiger partial charge in [0.05, 0.1) is 0 Å². The summed E-state index contributed by atoms with van der Waals surface area (Å²) in [6, 6.07) is -0.175. The fourth-order valence-electron chi connectivity index (χ4n) is 1.21. The quantitative estimate of drug-likeness (QED) is 0.475. The van der Waals surface area contributed by atoms with Crippen LogP contribution in [0.1, 0.15) is 32.6 Å². The maximum absolute atomic E-state index is 11.4. The summed E-state index contributed by atoms with van der Waals surface area (Å²) in [7, 11) is 3.39. The summed E-state index contributed by atoms with van der Waals surface area (Å²) in [6.45, 7) is 2.21. The third-order valence-corrected chi connectivity index (χ3v) is 4.31. The lowest BCUT2D eigenvalue weighted by atomic mass is 10.2. The summed E-state index contributed by atoms with van der Waals surface area (Å²) in [6.07, 6.45) is 5.02. The topological polar surface area (TPSA) is 58.1 Å². The van der Waals surface area contributed by atoms with Crippen LogP contribution in [-0.2, 0) is 0 Å². The van der Waals surface area contributed by atoms with Gasteiger partial charge in [0.1, 0.15) is 0 Å². The molecule has 0 aliphatic rings. The van der Waals surface area contributed by atoms with Gasteiger partial charge in [0.15, 0.2) is 4.34 Å². The molecule has 0 bridgehead atoms. The molecule has 0 unspecified atom stereocenters. The first kappa shape index (κ1) is 15.2. The Morgan fingerprint density at radius 1 is 1.33 bits per heavy atom. The Labute approximate surface area is 116 Å². The average molecular weight is 288 g/mol. The van der Waals surface area contributed by atoms with Gasteiger partial charge in [0.25, 0.3) is 0 Å². The summed E-state index contributed by atoms with van der Waals surface area (Å²) >= 11 is 3.13. The van der Waals surface area contributed by atoms with E-state index in [-0.39, 0.29) is 6.03 Å². The number of nitrogens with one attached hydrogen (secondary N) is 1. The van der Waals surface area contributed by atoms with Crippen molar-refractivity contribution in [3.05, 3.63) is 0 Å². The van der Waals surface area contributed by atoms with E-state index in [1.54, 1.807) is 25.9 Å². The summed E-state index contributed by atoms with van der Waals surface area (Å²) in [5, 5.41) is 11.2. The molecule has 1 rings (SSSR count). The van der Waals surface area contributed by atoms with E-state index < -0.39 is 0 Å². The maximum atomic E-state index is 11.4. The number of nitrogens with zero attached hydrogens (tertiary/aromatic N) is 3. The van der Waals surface area contributed by atoms with Crippen molar-refractivity contribution in [1.29, 1.82) is 0 Å². The lowest BCUT2D eigenvalue weighted by Gasteiger charge is -2.08. The van der Waals surface area contributed by atoms with Crippen molar-refractivity contribution in [2.75, 3.05) is 25.2 Å². The van der Waals surface area contributed by atoms with Crippen LogP contribution in [0, 0.1) is 0 Å². The van der Waals surface area contributed by atoms with E-state index in [1.807, 2.05) is 0 Å². The van der Waals surface area contributed by atoms with Gasteiger partial charge in [-0.3, -0.25) is 5.32 Å². The largest absolute Gasteiger partial charge is 0.331 e. The summed E-state index contributed by atoms with van der Waals surface area (Å²) in [5.74, 6) is 1.07. The molecule has 0 radical (unpaired) electrons. The Hall–Kier alpha value is -0.820. The first-order chi connectivity index (χ1) is 8.63. The molecule has 0 aliphatic heterocycles. The van der Waals surface area contributed by atoms with E-state index >= 15 is 0 Å². The van der Waals surface area contributed by atoms with Crippen LogP contribution >= 0.6 is 23.1 Å². The molecule has 0 saturated carbocycles. The highest BCUT2D eigenvalue weighted by Gasteiger charge is 2.09. The molecule has 2 amide bonds. The van der Waals surface area contributed by atoms with Crippen molar-refractivity contribution in [3.63, 3.8) is 0 Å². The van der Waals surface area contributed by atoms with Crippen LogP contribution in [0.2, 0.25) is 0 Å². The number of rotatable bonds is 7. The summed E-state index contributed by atoms with van der Waals surface area (Å²) < 4.78 is 0.917. The molecule has 18 heavy (non-hydrogen) atoms. The van der Waals surface area contributed by atoms with Crippen LogP contribution in [0.5, 0.6) is 0 Å². The normalized spacial score (nSPS) is 10.4. The van der Waals surface area contributed by atoms with Gasteiger partial charge >= 0.3 is 6.03 Å². The first-order valence-corrected chi connectivity index (χ1v) is 7.88. The molecule has 5 nitrogen and oxygen atoms in total. The van der Waals surface area contributed by atoms with Gasteiger partial charge < -0.3 is 4.90 Å². The molecule has 1 N–H and O–H groups in total. The lowest BCUT2D eigenvalue weighted by molar-refractivity contribution is 0.230. The number of hydrogen-bond donors (Lipinski definition) is 1. The van der Waals surface area contributed by atoms with Crippen LogP contribution in [-0.4, -0.2) is 41.0 Å². The molecule has 1 heterocycles. The van der Waals surface area contributed by atoms with Crippen molar-refractivity contribution in [1.82, 2.24) is 15.1 Å². The standard InChI is InChI=1S/C11H20N4OS2/c1-4-5-6-7-8-17-11-14-13-9(18-11)12-10(16)15(2)3/h4-8H2,1-3H3,(H,12,13,16). The fraction of sp³-hybridized carbons (Fsp3) is 0.727. The molecule has 0 aliphatic carbocycles. The number of amides is 2. The predicted molar refractivity (Wildman–Crippen MR) is 77.5 cm³/mol. The molecule has 0 saturated heterocycles. The zero-order valence-corrected chi connectivity index (χ0v) is 12.7. The maximum Gasteiger partial charge on any atom is 0.323 e. The van der Waals surface area contributed by atoms with Gasteiger partial charge in [-0.1, -0.05) is 49.3 Å². The van der Waals surface area contributed by atoms with Gasteiger partial charge in [-0.25, -0.2) is 4.79 Å². The Bertz CT molecular complexity index is 368. The second-order valence-corrected chi connectivity index (χ2v) is 6.43. The van der Waals surface area contributed by atoms with Crippen LogP contribution in [0.4, 0.5) is 9.93 Å². The number of urea groups is 1. The lowest BCUT2D eigenvalue weighted by Crippen LogP contribution is -2.27. The number of thioether (sulfide) groups is 1. The van der Waals surface area contributed by atoms with E-state index in [4.69, 9.17) is 0 Å². The fourth-order valence-corrected chi connectivity index (χ4v) is 3.02. The van der Waals surface area contributed by atoms with Crippen molar-refractivity contribution in [2.45, 2.75) is 36.9 Å². The minimum Gasteiger partial charge on any atom is -0.331 e. The highest BCUT2D eigenvalue weighted by molar-refractivity contribution is 8.01. The number of carbonyl (C=O) groups is 1.